The summed E-state index contributed by atoms with van der Waals surface area (Å²) in [6.45, 7) is 6.96. The fraction of sp³-hybridized carbons (Fsp3) is 0.818. The van der Waals surface area contributed by atoms with E-state index in [0.29, 0.717) is 0 Å². The number of hydrogen-bond donors (Lipinski definition) is 0. The Labute approximate surface area is 70.7 Å². The van der Waals surface area contributed by atoms with E-state index in [-0.39, 0.29) is 0 Å². The third-order valence-electron chi connectivity index (χ3n) is 3.12. The summed E-state index contributed by atoms with van der Waals surface area (Å²) < 4.78 is 0. The molecule has 1 atom stereocenters. The van der Waals surface area contributed by atoms with Crippen LogP contribution < -0.4 is 0 Å². The molecule has 1 aliphatic rings. The maximum Gasteiger partial charge on any atom is -0.0234 e. The Balaban J connectivity index is 2.61. The van der Waals surface area contributed by atoms with Crippen LogP contribution in [-0.2, 0) is 0 Å². The summed E-state index contributed by atoms with van der Waals surface area (Å²) >= 11 is 0. The van der Waals surface area contributed by atoms with Crippen LogP contribution in [0.5, 0.6) is 0 Å². The second kappa shape index (κ2) is 3.94. The summed E-state index contributed by atoms with van der Waals surface area (Å²) in [5, 5.41) is 0. The van der Waals surface area contributed by atoms with Gasteiger partial charge in [0.1, 0.15) is 0 Å². The number of hydrogen-bond acceptors (Lipinski definition) is 0. The summed E-state index contributed by atoms with van der Waals surface area (Å²) in [6.07, 6.45) is 6.94. The molecule has 64 valence electrons. The van der Waals surface area contributed by atoms with Crippen LogP contribution in [0.3, 0.4) is 0 Å². The first kappa shape index (κ1) is 8.83. The molecule has 0 spiro atoms. The maximum absolute atomic E-state index is 2.35. The van der Waals surface area contributed by atoms with Gasteiger partial charge in [-0.25, -0.2) is 0 Å². The summed E-state index contributed by atoms with van der Waals surface area (Å²) in [4.78, 5) is 0. The first-order chi connectivity index (χ1) is 5.25. The van der Waals surface area contributed by atoms with Crippen LogP contribution in [0.1, 0.15) is 52.9 Å². The Bertz CT molecular complexity index is 145. The van der Waals surface area contributed by atoms with E-state index in [1.54, 1.807) is 11.1 Å². The highest BCUT2D eigenvalue weighted by atomic mass is 14.2. The van der Waals surface area contributed by atoms with E-state index >= 15 is 0 Å². The van der Waals surface area contributed by atoms with Crippen LogP contribution in [0.4, 0.5) is 0 Å². The van der Waals surface area contributed by atoms with Gasteiger partial charge in [0.2, 0.25) is 0 Å². The van der Waals surface area contributed by atoms with E-state index in [1.807, 2.05) is 0 Å². The van der Waals surface area contributed by atoms with Crippen molar-refractivity contribution in [3.63, 3.8) is 0 Å². The van der Waals surface area contributed by atoms with Crippen molar-refractivity contribution in [2.24, 2.45) is 5.92 Å². The largest absolute Gasteiger partial charge is 0.0713 e. The smallest absolute Gasteiger partial charge is 0.0234 e. The van der Waals surface area contributed by atoms with Crippen LogP contribution in [0.15, 0.2) is 11.1 Å². The Morgan fingerprint density at radius 1 is 1.36 bits per heavy atom. The summed E-state index contributed by atoms with van der Waals surface area (Å²) in [7, 11) is 0. The van der Waals surface area contributed by atoms with Gasteiger partial charge in [-0.15, -0.1) is 0 Å². The second-order valence-corrected chi connectivity index (χ2v) is 3.80. The highest BCUT2D eigenvalue weighted by Gasteiger charge is 2.12. The van der Waals surface area contributed by atoms with Crippen LogP contribution in [-0.4, -0.2) is 0 Å². The summed E-state index contributed by atoms with van der Waals surface area (Å²) in [5.41, 5.74) is 3.45. The molecule has 0 aromatic rings. The number of rotatable bonds is 2. The zero-order chi connectivity index (χ0) is 8.27. The molecule has 1 fully saturated rings. The molecule has 0 amide bonds. The van der Waals surface area contributed by atoms with E-state index in [1.165, 1.54) is 32.1 Å². The molecule has 11 heavy (non-hydrogen) atoms. The van der Waals surface area contributed by atoms with Gasteiger partial charge in [0.25, 0.3) is 0 Å². The molecule has 0 bridgehead atoms. The lowest BCUT2D eigenvalue weighted by Crippen LogP contribution is -1.96. The first-order valence-corrected chi connectivity index (χ1v) is 4.94. The van der Waals surface area contributed by atoms with E-state index in [2.05, 4.69) is 20.8 Å². The average molecular weight is 152 g/mol. The molecule has 1 rings (SSSR count). The van der Waals surface area contributed by atoms with Gasteiger partial charge in [0.05, 0.1) is 0 Å². The Morgan fingerprint density at radius 3 is 2.36 bits per heavy atom. The highest BCUT2D eigenvalue weighted by molar-refractivity contribution is 5.16. The highest BCUT2D eigenvalue weighted by Crippen LogP contribution is 2.30. The van der Waals surface area contributed by atoms with Crippen molar-refractivity contribution in [3.05, 3.63) is 11.1 Å². The maximum atomic E-state index is 2.35. The van der Waals surface area contributed by atoms with Crippen molar-refractivity contribution in [2.75, 3.05) is 0 Å². The lowest BCUT2D eigenvalue weighted by molar-refractivity contribution is 0.643. The van der Waals surface area contributed by atoms with E-state index in [0.717, 1.165) is 5.92 Å². The van der Waals surface area contributed by atoms with E-state index in [4.69, 9.17) is 0 Å². The number of allylic oxidation sites excluding steroid dienone is 2. The zero-order valence-corrected chi connectivity index (χ0v) is 8.11. The minimum Gasteiger partial charge on any atom is -0.0713 e. The standard InChI is InChI=1S/C11H20/c1-4-9(2)10(3)11-7-5-6-8-11/h9H,4-8H2,1-3H3. The molecule has 0 heterocycles. The zero-order valence-electron chi connectivity index (χ0n) is 8.11. The SMILES string of the molecule is CCC(C)C(C)=C1CCCC1. The average Bonchev–Trinajstić information content (AvgIpc) is 2.53. The molecular formula is C11H20. The molecular weight excluding hydrogens is 132 g/mol. The minimum atomic E-state index is 0.822. The topological polar surface area (TPSA) is 0 Å². The van der Waals surface area contributed by atoms with Gasteiger partial charge >= 0.3 is 0 Å². The Morgan fingerprint density at radius 2 is 1.91 bits per heavy atom. The van der Waals surface area contributed by atoms with Crippen LogP contribution in [0.2, 0.25) is 0 Å². The van der Waals surface area contributed by atoms with Crippen LogP contribution >= 0.6 is 0 Å². The fourth-order valence-corrected chi connectivity index (χ4v) is 1.85. The Hall–Kier alpha value is -0.260. The van der Waals surface area contributed by atoms with E-state index in [9.17, 15) is 0 Å². The van der Waals surface area contributed by atoms with Gasteiger partial charge < -0.3 is 0 Å². The fourth-order valence-electron chi connectivity index (χ4n) is 1.85. The van der Waals surface area contributed by atoms with Gasteiger partial charge in [0, 0.05) is 0 Å². The van der Waals surface area contributed by atoms with Gasteiger partial charge in [-0.1, -0.05) is 25.0 Å². The quantitative estimate of drug-likeness (QED) is 0.526. The molecule has 0 N–H and O–H groups in total. The van der Waals surface area contributed by atoms with Crippen molar-refractivity contribution in [2.45, 2.75) is 52.9 Å². The van der Waals surface area contributed by atoms with Crippen molar-refractivity contribution >= 4 is 0 Å². The van der Waals surface area contributed by atoms with Gasteiger partial charge in [-0.2, -0.15) is 0 Å². The van der Waals surface area contributed by atoms with E-state index < -0.39 is 0 Å². The lowest BCUT2D eigenvalue weighted by atomic mass is 9.94. The van der Waals surface area contributed by atoms with Crippen LogP contribution in [0, 0.1) is 5.92 Å². The lowest BCUT2D eigenvalue weighted by Gasteiger charge is -2.12. The monoisotopic (exact) mass is 152 g/mol. The predicted octanol–water partition coefficient (Wildman–Crippen LogP) is 3.92. The van der Waals surface area contributed by atoms with Gasteiger partial charge in [-0.3, -0.25) is 0 Å². The van der Waals surface area contributed by atoms with Crippen molar-refractivity contribution in [1.29, 1.82) is 0 Å². The third kappa shape index (κ3) is 2.08. The normalized spacial score (nSPS) is 20.5. The van der Waals surface area contributed by atoms with Gasteiger partial charge in [0.15, 0.2) is 0 Å². The molecule has 1 unspecified atom stereocenters. The Kier molecular flexibility index (Phi) is 3.16. The molecule has 0 aliphatic heterocycles. The molecule has 0 aromatic heterocycles. The molecule has 0 saturated heterocycles. The molecule has 0 nitrogen and oxygen atoms in total. The first-order valence-electron chi connectivity index (χ1n) is 4.94. The summed E-state index contributed by atoms with van der Waals surface area (Å²) in [5.74, 6) is 0.822. The molecule has 0 aromatic carbocycles. The molecule has 0 heteroatoms. The van der Waals surface area contributed by atoms with Crippen molar-refractivity contribution in [1.82, 2.24) is 0 Å². The molecule has 1 saturated carbocycles. The molecule has 1 aliphatic carbocycles. The second-order valence-electron chi connectivity index (χ2n) is 3.80. The summed E-state index contributed by atoms with van der Waals surface area (Å²) in [6, 6.07) is 0. The third-order valence-corrected chi connectivity index (χ3v) is 3.12. The van der Waals surface area contributed by atoms with Crippen LogP contribution in [0.25, 0.3) is 0 Å². The molecule has 0 radical (unpaired) electrons. The predicted molar refractivity (Wildman–Crippen MR) is 50.6 cm³/mol. The minimum absolute atomic E-state index is 0.822. The van der Waals surface area contributed by atoms with Crippen molar-refractivity contribution < 1.29 is 0 Å². The van der Waals surface area contributed by atoms with Crippen molar-refractivity contribution in [3.8, 4) is 0 Å². The van der Waals surface area contributed by atoms with Gasteiger partial charge in [-0.05, 0) is 44.9 Å².